The maximum Gasteiger partial charge on any atom is 0.305 e. The lowest BCUT2D eigenvalue weighted by Crippen LogP contribution is -2.06. The first-order valence-electron chi connectivity index (χ1n) is 29.3. The van der Waals surface area contributed by atoms with Crippen LogP contribution in [0.1, 0.15) is 169 Å². The van der Waals surface area contributed by atoms with Gasteiger partial charge < -0.3 is 38.7 Å². The minimum Gasteiger partial charge on any atom is -0.508 e. The third-order valence-electron chi connectivity index (χ3n) is 11.6. The van der Waals surface area contributed by atoms with Crippen molar-refractivity contribution in [2.45, 2.75) is 159 Å². The summed E-state index contributed by atoms with van der Waals surface area (Å²) in [4.78, 5) is 40.9. The number of hydrogen-bond donors (Lipinski definition) is 2. The molecule has 5 aromatic carbocycles. The molecule has 0 bridgehead atoms. The SMILES string of the molecule is CC.CC.CCOC(=O)CCCOc1ccc(CC)cc1.CCc1ccc(O)cc1.CCc1ccc(OCCCC(=O)c2nccs2)cc1.CCc1ccc(OCCCC(O)c2nccs2)cc1.CCc1ccc(OCCCC=O)cc1. The van der Waals surface area contributed by atoms with Gasteiger partial charge in [-0.25, -0.2) is 9.97 Å². The number of phenols is 1. The van der Waals surface area contributed by atoms with Crippen molar-refractivity contribution in [3.05, 3.63) is 182 Å². The molecular weight excluding hydrogens is 1070 g/mol. The number of Topliss-reactive ketones (excluding diaryl/α,β-unsaturated/α-hetero) is 1. The molecule has 0 spiro atoms. The van der Waals surface area contributed by atoms with E-state index in [-0.39, 0.29) is 11.8 Å². The van der Waals surface area contributed by atoms with Crippen LogP contribution in [0.4, 0.5) is 0 Å². The van der Waals surface area contributed by atoms with E-state index in [9.17, 15) is 19.5 Å². The summed E-state index contributed by atoms with van der Waals surface area (Å²) in [5.74, 6) is 3.77. The van der Waals surface area contributed by atoms with Crippen LogP contribution in [0.3, 0.4) is 0 Å². The Morgan fingerprint density at radius 1 is 0.500 bits per heavy atom. The molecule has 2 aromatic heterocycles. The second kappa shape index (κ2) is 48.8. The minimum atomic E-state index is -0.467. The van der Waals surface area contributed by atoms with Crippen molar-refractivity contribution >= 4 is 40.7 Å². The lowest BCUT2D eigenvalue weighted by molar-refractivity contribution is -0.143. The molecule has 0 aliphatic rings. The van der Waals surface area contributed by atoms with Crippen LogP contribution in [0.25, 0.3) is 0 Å². The number of carbonyl (C=O) groups excluding carboxylic acids is 3. The quantitative estimate of drug-likeness (QED) is 0.0207. The molecule has 0 aliphatic carbocycles. The third-order valence-corrected chi connectivity index (χ3v) is 13.3. The van der Waals surface area contributed by atoms with Gasteiger partial charge in [0.05, 0.1) is 33.0 Å². The molecule has 14 heteroatoms. The van der Waals surface area contributed by atoms with Crippen LogP contribution in [0.15, 0.2) is 144 Å². The number of unbranched alkanes of at least 4 members (excludes halogenated alkanes) is 1. The first-order chi connectivity index (χ1) is 40.0. The van der Waals surface area contributed by atoms with E-state index in [1.807, 2.05) is 106 Å². The molecule has 0 radical (unpaired) electrons. The molecule has 12 nitrogen and oxygen atoms in total. The fraction of sp³-hybridized carbons (Fsp3) is 0.426. The molecular formula is C68H94N2O10S2. The van der Waals surface area contributed by atoms with Crippen molar-refractivity contribution in [1.29, 1.82) is 0 Å². The lowest BCUT2D eigenvalue weighted by Gasteiger charge is -2.09. The molecule has 0 saturated heterocycles. The first kappa shape index (κ1) is 73.1. The topological polar surface area (TPSA) is 164 Å². The summed E-state index contributed by atoms with van der Waals surface area (Å²) in [6.45, 7) is 23.2. The van der Waals surface area contributed by atoms with E-state index in [0.717, 1.165) is 79.2 Å². The summed E-state index contributed by atoms with van der Waals surface area (Å²) < 4.78 is 27.1. The molecule has 0 saturated carbocycles. The van der Waals surface area contributed by atoms with Crippen molar-refractivity contribution in [3.63, 3.8) is 0 Å². The van der Waals surface area contributed by atoms with Crippen molar-refractivity contribution in [3.8, 4) is 28.7 Å². The highest BCUT2D eigenvalue weighted by Gasteiger charge is 2.10. The normalized spacial score (nSPS) is 10.2. The molecule has 7 aromatic rings. The van der Waals surface area contributed by atoms with E-state index in [1.54, 1.807) is 24.5 Å². The van der Waals surface area contributed by atoms with Gasteiger partial charge in [-0.2, -0.15) is 0 Å². The number of benzene rings is 5. The van der Waals surface area contributed by atoms with E-state index < -0.39 is 6.10 Å². The second-order valence-corrected chi connectivity index (χ2v) is 19.3. The number of carbonyl (C=O) groups is 3. The van der Waals surface area contributed by atoms with Gasteiger partial charge in [-0.05, 0) is 160 Å². The van der Waals surface area contributed by atoms with Gasteiger partial charge in [0.2, 0.25) is 0 Å². The van der Waals surface area contributed by atoms with Gasteiger partial charge in [0.15, 0.2) is 10.8 Å². The standard InChI is InChI=1S/C15H19NO2S.C15H17NO2S.C14H20O3.C12H16O2.C8H10O.2C2H6/c2*1-2-12-5-7-13(8-6-12)18-10-3-4-14(17)15-16-9-11-19-15;1-3-12-7-9-13(10-8-12)17-11-5-6-14(15)16-4-2;1-2-11-5-7-12(8-6-11)14-10-4-3-9-13;1-2-7-3-5-8(9)6-4-7;2*1-2/h5-9,11,14,17H,2-4,10H2,1H3;5-9,11H,2-4,10H2,1H3;7-10H,3-6,11H2,1-2H3;5-9H,2-4,10H2,1H3;3-6,9H,2H2,1H3;2*1-2H3. The van der Waals surface area contributed by atoms with Crippen LogP contribution in [-0.4, -0.2) is 71.3 Å². The predicted molar refractivity (Wildman–Crippen MR) is 339 cm³/mol. The Balaban J connectivity index is 0.000000513. The Morgan fingerprint density at radius 3 is 1.22 bits per heavy atom. The monoisotopic (exact) mass is 1160 g/mol. The molecule has 0 aliphatic heterocycles. The highest BCUT2D eigenvalue weighted by molar-refractivity contribution is 7.11. The number of hydrogen-bond acceptors (Lipinski definition) is 14. The Labute approximate surface area is 499 Å². The number of phenolic OH excluding ortho intramolecular Hbond substituents is 1. The van der Waals surface area contributed by atoms with Crippen molar-refractivity contribution in [1.82, 2.24) is 9.97 Å². The average molecular weight is 1160 g/mol. The highest BCUT2D eigenvalue weighted by Crippen LogP contribution is 2.21. The highest BCUT2D eigenvalue weighted by atomic mass is 32.1. The molecule has 82 heavy (non-hydrogen) atoms. The van der Waals surface area contributed by atoms with Gasteiger partial charge in [-0.15, -0.1) is 22.7 Å². The fourth-order valence-corrected chi connectivity index (χ4v) is 8.16. The predicted octanol–water partition coefficient (Wildman–Crippen LogP) is 16.9. The molecule has 0 amide bonds. The molecule has 2 N–H and O–H groups in total. The Bertz CT molecular complexity index is 2570. The Morgan fingerprint density at radius 2 is 0.866 bits per heavy atom. The zero-order valence-corrected chi connectivity index (χ0v) is 52.2. The second-order valence-electron chi connectivity index (χ2n) is 17.5. The summed E-state index contributed by atoms with van der Waals surface area (Å²) in [7, 11) is 0. The number of aldehydes is 1. The van der Waals surface area contributed by atoms with Crippen LogP contribution < -0.4 is 18.9 Å². The number of ketones is 1. The number of nitrogens with zero attached hydrogens (tertiary/aromatic N) is 2. The molecule has 1 atom stereocenters. The number of aryl methyl sites for hydroxylation is 5. The minimum absolute atomic E-state index is 0.0972. The average Bonchev–Trinajstić information content (AvgIpc) is 4.31. The number of aromatic nitrogens is 2. The van der Waals surface area contributed by atoms with Crippen LogP contribution in [-0.2, 0) is 46.4 Å². The van der Waals surface area contributed by atoms with E-state index in [1.165, 1.54) is 50.5 Å². The number of rotatable bonds is 28. The van der Waals surface area contributed by atoms with Gasteiger partial charge in [0.1, 0.15) is 46.1 Å². The van der Waals surface area contributed by atoms with Crippen LogP contribution >= 0.6 is 22.7 Å². The number of aromatic hydroxyl groups is 1. The number of thiazole rings is 2. The first-order valence-corrected chi connectivity index (χ1v) is 31.0. The van der Waals surface area contributed by atoms with E-state index >= 15 is 0 Å². The summed E-state index contributed by atoms with van der Waals surface area (Å²) >= 11 is 2.88. The number of aliphatic hydroxyl groups is 1. The summed E-state index contributed by atoms with van der Waals surface area (Å²) in [6.07, 6.45) is 14.2. The lowest BCUT2D eigenvalue weighted by atomic mass is 10.2. The molecule has 7 rings (SSSR count). The van der Waals surface area contributed by atoms with Crippen molar-refractivity contribution in [2.75, 3.05) is 33.0 Å². The third kappa shape index (κ3) is 34.4. The van der Waals surface area contributed by atoms with Crippen molar-refractivity contribution in [2.24, 2.45) is 0 Å². The number of ether oxygens (including phenoxy) is 5. The fourth-order valence-electron chi connectivity index (χ4n) is 6.89. The summed E-state index contributed by atoms with van der Waals surface area (Å²) in [5.41, 5.74) is 6.47. The maximum atomic E-state index is 11.7. The molecule has 448 valence electrons. The number of esters is 1. The van der Waals surface area contributed by atoms with Gasteiger partial charge >= 0.3 is 5.97 Å². The van der Waals surface area contributed by atoms with Gasteiger partial charge in [0.25, 0.3) is 0 Å². The smallest absolute Gasteiger partial charge is 0.305 e. The zero-order chi connectivity index (χ0) is 60.4. The van der Waals surface area contributed by atoms with E-state index in [0.29, 0.717) is 82.3 Å². The summed E-state index contributed by atoms with van der Waals surface area (Å²) in [5, 5.41) is 23.8. The Hall–Kier alpha value is -6.87. The van der Waals surface area contributed by atoms with Gasteiger partial charge in [0, 0.05) is 42.4 Å². The van der Waals surface area contributed by atoms with Crippen molar-refractivity contribution < 1.29 is 48.3 Å². The van der Waals surface area contributed by atoms with E-state index in [2.05, 4.69) is 93.1 Å². The van der Waals surface area contributed by atoms with Gasteiger partial charge in [-0.3, -0.25) is 9.59 Å². The van der Waals surface area contributed by atoms with Crippen LogP contribution in [0, 0.1) is 0 Å². The van der Waals surface area contributed by atoms with E-state index in [4.69, 9.17) is 28.8 Å². The van der Waals surface area contributed by atoms with Crippen LogP contribution in [0.2, 0.25) is 0 Å². The Kier molecular flexibility index (Phi) is 43.5. The van der Waals surface area contributed by atoms with Gasteiger partial charge in [-0.1, -0.05) is 123 Å². The molecule has 2 heterocycles. The zero-order valence-electron chi connectivity index (χ0n) is 50.6. The van der Waals surface area contributed by atoms with Crippen LogP contribution in [0.5, 0.6) is 28.7 Å². The largest absolute Gasteiger partial charge is 0.508 e. The molecule has 0 fully saturated rings. The molecule has 1 unspecified atom stereocenters. The maximum absolute atomic E-state index is 11.7. The number of aliphatic hydroxyl groups excluding tert-OH is 1. The summed E-state index contributed by atoms with van der Waals surface area (Å²) in [6, 6.07) is 39.6.